The first-order chi connectivity index (χ1) is 10.5. The zero-order valence-corrected chi connectivity index (χ0v) is 13.6. The van der Waals surface area contributed by atoms with E-state index in [0.717, 1.165) is 38.5 Å². The summed E-state index contributed by atoms with van der Waals surface area (Å²) < 4.78 is 0. The van der Waals surface area contributed by atoms with E-state index in [1.807, 2.05) is 0 Å². The molecule has 0 unspecified atom stereocenters. The number of carboxylic acid groups (broad SMARTS) is 2. The monoisotopic (exact) mass is 312 g/mol. The SMILES string of the molecule is CCCCCC(=O)O.CCCCCC(=O)O.c1cnccn1. The van der Waals surface area contributed by atoms with Crippen LogP contribution in [-0.2, 0) is 9.59 Å². The lowest BCUT2D eigenvalue weighted by Gasteiger charge is -1.89. The van der Waals surface area contributed by atoms with Crippen LogP contribution in [0.4, 0.5) is 0 Å². The number of hydrogen-bond donors (Lipinski definition) is 2. The Morgan fingerprint density at radius 3 is 1.23 bits per heavy atom. The van der Waals surface area contributed by atoms with Gasteiger partial charge in [-0.05, 0) is 12.8 Å². The number of carboxylic acids is 2. The summed E-state index contributed by atoms with van der Waals surface area (Å²) in [4.78, 5) is 27.2. The molecule has 0 saturated carbocycles. The van der Waals surface area contributed by atoms with Gasteiger partial charge in [-0.1, -0.05) is 39.5 Å². The van der Waals surface area contributed by atoms with E-state index in [1.165, 1.54) is 0 Å². The Labute approximate surface area is 132 Å². The molecule has 2 N–H and O–H groups in total. The third-order valence-corrected chi connectivity index (χ3v) is 2.47. The van der Waals surface area contributed by atoms with Crippen LogP contribution in [-0.4, -0.2) is 32.1 Å². The fraction of sp³-hybridized carbons (Fsp3) is 0.625. The second-order valence-corrected chi connectivity index (χ2v) is 4.60. The van der Waals surface area contributed by atoms with Gasteiger partial charge in [0.25, 0.3) is 0 Å². The van der Waals surface area contributed by atoms with Crippen LogP contribution in [0.2, 0.25) is 0 Å². The summed E-state index contributed by atoms with van der Waals surface area (Å²) >= 11 is 0. The summed E-state index contributed by atoms with van der Waals surface area (Å²) in [5.74, 6) is -1.36. The van der Waals surface area contributed by atoms with E-state index in [4.69, 9.17) is 10.2 Å². The van der Waals surface area contributed by atoms with Crippen molar-refractivity contribution in [1.82, 2.24) is 9.97 Å². The van der Waals surface area contributed by atoms with Gasteiger partial charge in [-0.3, -0.25) is 19.6 Å². The largest absolute Gasteiger partial charge is 0.481 e. The van der Waals surface area contributed by atoms with Crippen LogP contribution in [0.3, 0.4) is 0 Å². The molecular formula is C16H28N2O4. The van der Waals surface area contributed by atoms with Crippen LogP contribution >= 0.6 is 0 Å². The van der Waals surface area contributed by atoms with E-state index < -0.39 is 11.9 Å². The van der Waals surface area contributed by atoms with Crippen LogP contribution in [0.5, 0.6) is 0 Å². The number of nitrogens with zero attached hydrogens (tertiary/aromatic N) is 2. The molecule has 0 amide bonds. The summed E-state index contributed by atoms with van der Waals surface area (Å²) in [5.41, 5.74) is 0. The molecule has 0 radical (unpaired) electrons. The molecule has 0 aromatic carbocycles. The molecule has 1 aromatic heterocycles. The number of carbonyl (C=O) groups is 2. The highest BCUT2D eigenvalue weighted by atomic mass is 16.4. The zero-order valence-electron chi connectivity index (χ0n) is 13.6. The number of aromatic nitrogens is 2. The van der Waals surface area contributed by atoms with Gasteiger partial charge in [0.2, 0.25) is 0 Å². The lowest BCUT2D eigenvalue weighted by atomic mass is 10.2. The minimum Gasteiger partial charge on any atom is -0.481 e. The standard InChI is InChI=1S/2C6H12O2.C4H4N2/c2*1-2-3-4-5-6(7)8;1-2-6-4-3-5-1/h2*2-5H2,1H3,(H,7,8);1-4H. The minimum atomic E-state index is -0.682. The number of unbranched alkanes of at least 4 members (excludes halogenated alkanes) is 4. The molecule has 0 saturated heterocycles. The average molecular weight is 312 g/mol. The molecule has 0 aliphatic carbocycles. The molecular weight excluding hydrogens is 284 g/mol. The number of rotatable bonds is 8. The van der Waals surface area contributed by atoms with Crippen LogP contribution in [0.25, 0.3) is 0 Å². The first-order valence-electron chi connectivity index (χ1n) is 7.68. The summed E-state index contributed by atoms with van der Waals surface area (Å²) in [6.45, 7) is 4.11. The highest BCUT2D eigenvalue weighted by Gasteiger charge is 1.93. The smallest absolute Gasteiger partial charge is 0.303 e. The Hall–Kier alpha value is -1.98. The maximum absolute atomic E-state index is 9.87. The predicted molar refractivity (Wildman–Crippen MR) is 85.6 cm³/mol. The quantitative estimate of drug-likeness (QED) is 0.708. The molecule has 1 rings (SSSR count). The van der Waals surface area contributed by atoms with Crippen molar-refractivity contribution in [1.29, 1.82) is 0 Å². The summed E-state index contributed by atoms with van der Waals surface area (Å²) in [6.07, 6.45) is 13.1. The van der Waals surface area contributed by atoms with E-state index in [9.17, 15) is 9.59 Å². The second kappa shape index (κ2) is 19.0. The molecule has 0 bridgehead atoms. The van der Waals surface area contributed by atoms with Gasteiger partial charge in [0.15, 0.2) is 0 Å². The lowest BCUT2D eigenvalue weighted by molar-refractivity contribution is -0.138. The molecule has 1 aromatic rings. The van der Waals surface area contributed by atoms with Gasteiger partial charge in [0, 0.05) is 37.6 Å². The Balaban J connectivity index is 0. The van der Waals surface area contributed by atoms with Crippen LogP contribution in [0.15, 0.2) is 24.8 Å². The molecule has 0 aliphatic heterocycles. The minimum absolute atomic E-state index is 0.327. The second-order valence-electron chi connectivity index (χ2n) is 4.60. The lowest BCUT2D eigenvalue weighted by Crippen LogP contribution is -1.92. The Bertz CT molecular complexity index is 312. The molecule has 6 nitrogen and oxygen atoms in total. The van der Waals surface area contributed by atoms with E-state index in [2.05, 4.69) is 23.8 Å². The van der Waals surface area contributed by atoms with Crippen molar-refractivity contribution in [2.45, 2.75) is 65.2 Å². The average Bonchev–Trinajstić information content (AvgIpc) is 2.50. The first-order valence-corrected chi connectivity index (χ1v) is 7.68. The molecule has 22 heavy (non-hydrogen) atoms. The summed E-state index contributed by atoms with van der Waals surface area (Å²) in [6, 6.07) is 0. The molecule has 0 atom stereocenters. The topological polar surface area (TPSA) is 100 Å². The van der Waals surface area contributed by atoms with Crippen LogP contribution in [0, 0.1) is 0 Å². The van der Waals surface area contributed by atoms with Gasteiger partial charge < -0.3 is 10.2 Å². The molecule has 0 fully saturated rings. The maximum atomic E-state index is 9.87. The van der Waals surface area contributed by atoms with E-state index in [1.54, 1.807) is 24.8 Å². The fourth-order valence-corrected chi connectivity index (χ4v) is 1.31. The van der Waals surface area contributed by atoms with Gasteiger partial charge in [0.1, 0.15) is 0 Å². The molecule has 0 spiro atoms. The summed E-state index contributed by atoms with van der Waals surface area (Å²) in [7, 11) is 0. The number of hydrogen-bond acceptors (Lipinski definition) is 4. The van der Waals surface area contributed by atoms with E-state index in [-0.39, 0.29) is 0 Å². The molecule has 6 heteroatoms. The Morgan fingerprint density at radius 1 is 0.727 bits per heavy atom. The number of aliphatic carboxylic acids is 2. The highest BCUT2D eigenvalue weighted by molar-refractivity contribution is 5.66. The van der Waals surface area contributed by atoms with E-state index >= 15 is 0 Å². The van der Waals surface area contributed by atoms with Crippen molar-refractivity contribution < 1.29 is 19.8 Å². The zero-order chi connectivity index (χ0) is 17.1. The molecule has 1 heterocycles. The third kappa shape index (κ3) is 26.6. The van der Waals surface area contributed by atoms with Gasteiger partial charge in [-0.2, -0.15) is 0 Å². The summed E-state index contributed by atoms with van der Waals surface area (Å²) in [5, 5.41) is 16.3. The Morgan fingerprint density at radius 2 is 1.05 bits per heavy atom. The van der Waals surface area contributed by atoms with Crippen molar-refractivity contribution in [3.8, 4) is 0 Å². The van der Waals surface area contributed by atoms with Gasteiger partial charge >= 0.3 is 11.9 Å². The fourth-order valence-electron chi connectivity index (χ4n) is 1.31. The van der Waals surface area contributed by atoms with Crippen LogP contribution < -0.4 is 0 Å². The Kier molecular flexibility index (Phi) is 19.3. The molecule has 126 valence electrons. The predicted octanol–water partition coefficient (Wildman–Crippen LogP) is 3.78. The first kappa shape index (κ1) is 22.3. The van der Waals surface area contributed by atoms with Crippen molar-refractivity contribution in [2.75, 3.05) is 0 Å². The van der Waals surface area contributed by atoms with Crippen LogP contribution in [0.1, 0.15) is 65.2 Å². The highest BCUT2D eigenvalue weighted by Crippen LogP contribution is 1.97. The normalized spacial score (nSPS) is 8.82. The maximum Gasteiger partial charge on any atom is 0.303 e. The van der Waals surface area contributed by atoms with E-state index in [0.29, 0.717) is 12.8 Å². The van der Waals surface area contributed by atoms with Gasteiger partial charge in [-0.15, -0.1) is 0 Å². The molecule has 0 aliphatic rings. The van der Waals surface area contributed by atoms with Crippen molar-refractivity contribution in [2.24, 2.45) is 0 Å². The van der Waals surface area contributed by atoms with Crippen molar-refractivity contribution >= 4 is 11.9 Å². The van der Waals surface area contributed by atoms with Crippen molar-refractivity contribution in [3.05, 3.63) is 24.8 Å². The van der Waals surface area contributed by atoms with Crippen molar-refractivity contribution in [3.63, 3.8) is 0 Å². The van der Waals surface area contributed by atoms with Gasteiger partial charge in [-0.25, -0.2) is 0 Å². The third-order valence-electron chi connectivity index (χ3n) is 2.47. The van der Waals surface area contributed by atoms with Gasteiger partial charge in [0.05, 0.1) is 0 Å².